The Bertz CT molecular complexity index is 553. The van der Waals surface area contributed by atoms with Gasteiger partial charge in [-0.3, -0.25) is 0 Å². The van der Waals surface area contributed by atoms with Gasteiger partial charge in [0.15, 0.2) is 0 Å². The molecule has 0 amide bonds. The Morgan fingerprint density at radius 3 is 2.07 bits per heavy atom. The van der Waals surface area contributed by atoms with Gasteiger partial charge < -0.3 is 17.2 Å². The van der Waals surface area contributed by atoms with Gasteiger partial charge in [-0.05, 0) is 69.2 Å². The number of halogens is 6. The molecular formula is C21H35Cl3F3N3. The molecule has 0 aromatic heterocycles. The van der Waals surface area contributed by atoms with E-state index in [1.54, 1.807) is 5.57 Å². The first kappa shape index (κ1) is 31.7. The number of nitrogens with two attached hydrogens (primary N) is 3. The van der Waals surface area contributed by atoms with E-state index in [0.717, 1.165) is 37.9 Å². The highest BCUT2D eigenvalue weighted by molar-refractivity contribution is 6.21. The van der Waals surface area contributed by atoms with Crippen molar-refractivity contribution < 1.29 is 13.2 Å². The van der Waals surface area contributed by atoms with E-state index in [-0.39, 0.29) is 24.3 Å². The van der Waals surface area contributed by atoms with Crippen molar-refractivity contribution in [3.05, 3.63) is 47.0 Å². The number of benzene rings is 1. The Morgan fingerprint density at radius 1 is 1.03 bits per heavy atom. The summed E-state index contributed by atoms with van der Waals surface area (Å²) < 4.78 is 36.0. The Morgan fingerprint density at radius 2 is 1.67 bits per heavy atom. The molecule has 1 unspecified atom stereocenters. The lowest BCUT2D eigenvalue weighted by Gasteiger charge is -2.10. The van der Waals surface area contributed by atoms with Gasteiger partial charge in [-0.25, -0.2) is 0 Å². The number of hydrogen-bond donors (Lipinski definition) is 3. The summed E-state index contributed by atoms with van der Waals surface area (Å²) in [5.74, 6) is 0.684. The van der Waals surface area contributed by atoms with Gasteiger partial charge in [0.25, 0.3) is 0 Å². The maximum absolute atomic E-state index is 12.0. The fourth-order valence-electron chi connectivity index (χ4n) is 2.56. The fraction of sp³-hybridized carbons (Fsp3) is 0.619. The summed E-state index contributed by atoms with van der Waals surface area (Å²) in [7, 11) is 0. The van der Waals surface area contributed by atoms with Gasteiger partial charge in [0.1, 0.15) is 0 Å². The number of rotatable bonds is 7. The van der Waals surface area contributed by atoms with Gasteiger partial charge in [0.05, 0.1) is 5.56 Å². The number of hydrogen-bond acceptors (Lipinski definition) is 3. The van der Waals surface area contributed by atoms with Crippen LogP contribution in [0.2, 0.25) is 0 Å². The van der Waals surface area contributed by atoms with Crippen LogP contribution in [-0.2, 0) is 12.7 Å². The highest BCUT2D eigenvalue weighted by Gasteiger charge is 2.29. The second kappa shape index (κ2) is 19.2. The van der Waals surface area contributed by atoms with Crippen molar-refractivity contribution in [2.24, 2.45) is 17.2 Å². The monoisotopic (exact) mass is 491 g/mol. The van der Waals surface area contributed by atoms with Crippen LogP contribution in [0.3, 0.4) is 0 Å². The van der Waals surface area contributed by atoms with Crippen LogP contribution >= 0.6 is 35.6 Å². The van der Waals surface area contributed by atoms with Crippen molar-refractivity contribution in [3.8, 4) is 0 Å². The zero-order chi connectivity index (χ0) is 22.1. The highest BCUT2D eigenvalue weighted by atomic mass is 35.5. The van der Waals surface area contributed by atoms with Crippen LogP contribution in [0.4, 0.5) is 13.2 Å². The van der Waals surface area contributed by atoms with Crippen LogP contribution < -0.4 is 17.2 Å². The van der Waals surface area contributed by atoms with E-state index >= 15 is 0 Å². The third-order valence-electron chi connectivity index (χ3n) is 4.27. The molecule has 176 valence electrons. The van der Waals surface area contributed by atoms with Gasteiger partial charge in [0, 0.05) is 24.3 Å². The third-order valence-corrected chi connectivity index (χ3v) is 4.94. The molecule has 0 radical (unpaired) electrons. The van der Waals surface area contributed by atoms with E-state index < -0.39 is 11.7 Å². The summed E-state index contributed by atoms with van der Waals surface area (Å²) in [5, 5.41) is 0.119. The predicted molar refractivity (Wildman–Crippen MR) is 125 cm³/mol. The predicted octanol–water partition coefficient (Wildman–Crippen LogP) is 5.99. The Labute approximate surface area is 194 Å². The van der Waals surface area contributed by atoms with Crippen molar-refractivity contribution in [1.29, 1.82) is 0 Å². The molecular weight excluding hydrogens is 458 g/mol. The summed E-state index contributed by atoms with van der Waals surface area (Å²) in [5.41, 5.74) is 17.5. The average molecular weight is 493 g/mol. The van der Waals surface area contributed by atoms with Crippen LogP contribution in [0, 0.1) is 0 Å². The van der Waals surface area contributed by atoms with Gasteiger partial charge in [-0.2, -0.15) is 13.2 Å². The van der Waals surface area contributed by atoms with Crippen LogP contribution in [-0.4, -0.2) is 24.3 Å². The standard InChI is InChI=1S/C8H8F3N.C8H15N.C5H11Cl2N.ClH/c9-8(10,11)7-3-1-6(5-12)2-4-7;9-7-6-8-4-2-1-3-5-8;6-3-1-2-5(7)4-8;/h1-4H,5,12H2;4H,1-3,5-7,9H2;5H,1-4,8H2;1H. The molecule has 2 rings (SSSR count). The number of allylic oxidation sites excluding steroid dienone is 1. The molecule has 0 spiro atoms. The molecule has 0 saturated heterocycles. The lowest BCUT2D eigenvalue weighted by molar-refractivity contribution is -0.137. The minimum atomic E-state index is -4.26. The lowest BCUT2D eigenvalue weighted by atomic mass is 9.97. The molecule has 1 aliphatic rings. The minimum absolute atomic E-state index is 0. The molecule has 0 fully saturated rings. The Balaban J connectivity index is 0. The maximum Gasteiger partial charge on any atom is 0.416 e. The smallest absolute Gasteiger partial charge is 0.330 e. The molecule has 0 bridgehead atoms. The van der Waals surface area contributed by atoms with Crippen molar-refractivity contribution >= 4 is 35.6 Å². The van der Waals surface area contributed by atoms with E-state index in [1.165, 1.54) is 37.8 Å². The molecule has 3 nitrogen and oxygen atoms in total. The van der Waals surface area contributed by atoms with E-state index in [9.17, 15) is 13.2 Å². The molecule has 6 N–H and O–H groups in total. The molecule has 9 heteroatoms. The number of alkyl halides is 5. The molecule has 30 heavy (non-hydrogen) atoms. The van der Waals surface area contributed by atoms with Gasteiger partial charge >= 0.3 is 6.18 Å². The summed E-state index contributed by atoms with van der Waals surface area (Å²) in [6.07, 6.45) is 6.48. The summed E-state index contributed by atoms with van der Waals surface area (Å²) >= 11 is 11.1. The maximum atomic E-state index is 12.0. The third kappa shape index (κ3) is 16.2. The van der Waals surface area contributed by atoms with Gasteiger partial charge in [-0.15, -0.1) is 35.6 Å². The normalized spacial score (nSPS) is 14.2. The summed E-state index contributed by atoms with van der Waals surface area (Å²) in [6, 6.07) is 4.82. The quantitative estimate of drug-likeness (QED) is 0.323. The Hall–Kier alpha value is -0.500. The first-order valence-electron chi connectivity index (χ1n) is 9.92. The highest BCUT2D eigenvalue weighted by Crippen LogP contribution is 2.28. The topological polar surface area (TPSA) is 78.1 Å². The molecule has 1 aromatic carbocycles. The fourth-order valence-corrected chi connectivity index (χ4v) is 2.87. The van der Waals surface area contributed by atoms with Crippen molar-refractivity contribution in [2.45, 2.75) is 63.0 Å². The molecule has 1 aliphatic carbocycles. The van der Waals surface area contributed by atoms with Crippen LogP contribution in [0.15, 0.2) is 35.9 Å². The molecule has 0 aliphatic heterocycles. The first-order valence-corrected chi connectivity index (χ1v) is 10.9. The van der Waals surface area contributed by atoms with Crippen LogP contribution in [0.1, 0.15) is 56.1 Å². The molecule has 1 aromatic rings. The van der Waals surface area contributed by atoms with Crippen molar-refractivity contribution in [3.63, 3.8) is 0 Å². The van der Waals surface area contributed by atoms with E-state index in [0.29, 0.717) is 18.0 Å². The second-order valence-electron chi connectivity index (χ2n) is 6.71. The van der Waals surface area contributed by atoms with Crippen LogP contribution in [0.25, 0.3) is 0 Å². The zero-order valence-electron chi connectivity index (χ0n) is 17.3. The van der Waals surface area contributed by atoms with Crippen molar-refractivity contribution in [1.82, 2.24) is 0 Å². The molecule has 0 heterocycles. The summed E-state index contributed by atoms with van der Waals surface area (Å²) in [6.45, 7) is 1.64. The summed E-state index contributed by atoms with van der Waals surface area (Å²) in [4.78, 5) is 0. The zero-order valence-corrected chi connectivity index (χ0v) is 19.6. The van der Waals surface area contributed by atoms with Gasteiger partial charge in [-0.1, -0.05) is 23.8 Å². The lowest BCUT2D eigenvalue weighted by Crippen LogP contribution is -2.13. The molecule has 0 saturated carbocycles. The first-order chi connectivity index (χ1) is 13.8. The SMILES string of the molecule is Cl.NCC(Cl)CCCCl.NCCC1=CCCCC1.NCc1ccc(C(F)(F)F)cc1. The van der Waals surface area contributed by atoms with E-state index in [4.69, 9.17) is 40.4 Å². The second-order valence-corrected chi connectivity index (χ2v) is 7.71. The largest absolute Gasteiger partial charge is 0.416 e. The van der Waals surface area contributed by atoms with Crippen LogP contribution in [0.5, 0.6) is 0 Å². The minimum Gasteiger partial charge on any atom is -0.330 e. The average Bonchev–Trinajstić information content (AvgIpc) is 2.73. The van der Waals surface area contributed by atoms with E-state index in [1.807, 2.05) is 0 Å². The Kier molecular flexibility index (Phi) is 20.3. The molecule has 1 atom stereocenters. The van der Waals surface area contributed by atoms with Gasteiger partial charge in [0.2, 0.25) is 0 Å². The van der Waals surface area contributed by atoms with Crippen molar-refractivity contribution in [2.75, 3.05) is 19.0 Å². The van der Waals surface area contributed by atoms with E-state index in [2.05, 4.69) is 6.08 Å².